The minimum atomic E-state index is -3.18. The van der Waals surface area contributed by atoms with Crippen LogP contribution in [0, 0.1) is 5.92 Å². The number of nitrogens with zero attached hydrogens (tertiary/aromatic N) is 1. The first kappa shape index (κ1) is 17.9. The fraction of sp³-hybridized carbons (Fsp3) is 1.00. The fourth-order valence-electron chi connectivity index (χ4n) is 2.53. The van der Waals surface area contributed by atoms with Crippen molar-refractivity contribution in [1.29, 1.82) is 0 Å². The fourth-order valence-corrected chi connectivity index (χ4v) is 4.25. The second-order valence-electron chi connectivity index (χ2n) is 6.00. The van der Waals surface area contributed by atoms with E-state index in [0.29, 0.717) is 38.1 Å². The largest absolute Gasteiger partial charge is 0.383 e. The third-order valence-electron chi connectivity index (χ3n) is 3.64. The van der Waals surface area contributed by atoms with Crippen LogP contribution in [0.1, 0.15) is 39.5 Å². The van der Waals surface area contributed by atoms with Gasteiger partial charge in [0.2, 0.25) is 10.0 Å². The zero-order valence-electron chi connectivity index (χ0n) is 13.1. The van der Waals surface area contributed by atoms with Crippen LogP contribution in [0.5, 0.6) is 0 Å². The molecule has 0 aromatic rings. The molecule has 0 spiro atoms. The van der Waals surface area contributed by atoms with Crippen LogP contribution in [0.4, 0.5) is 0 Å². The van der Waals surface area contributed by atoms with Gasteiger partial charge in [-0.3, -0.25) is 0 Å². The Bertz CT molecular complexity index is 351. The lowest BCUT2D eigenvalue weighted by Gasteiger charge is -2.27. The SMILES string of the molecule is COCCN(CC(C)C)S(=O)(=O)CCC1CCCCN1. The van der Waals surface area contributed by atoms with Crippen molar-refractivity contribution in [1.82, 2.24) is 9.62 Å². The summed E-state index contributed by atoms with van der Waals surface area (Å²) >= 11 is 0. The Balaban J connectivity index is 2.51. The molecule has 1 aliphatic rings. The maximum Gasteiger partial charge on any atom is 0.214 e. The first-order valence-corrected chi connectivity index (χ1v) is 9.26. The Morgan fingerprint density at radius 3 is 2.65 bits per heavy atom. The molecule has 0 amide bonds. The first-order chi connectivity index (χ1) is 9.45. The number of hydrogen-bond acceptors (Lipinski definition) is 4. The number of sulfonamides is 1. The van der Waals surface area contributed by atoms with E-state index in [2.05, 4.69) is 5.32 Å². The Morgan fingerprint density at radius 2 is 2.10 bits per heavy atom. The number of hydrogen-bond donors (Lipinski definition) is 1. The zero-order chi connectivity index (χ0) is 15.0. The van der Waals surface area contributed by atoms with E-state index >= 15 is 0 Å². The third-order valence-corrected chi connectivity index (χ3v) is 5.51. The molecular formula is C14H30N2O3S. The molecule has 1 fully saturated rings. The van der Waals surface area contributed by atoms with E-state index in [1.54, 1.807) is 11.4 Å². The Hall–Kier alpha value is -0.170. The first-order valence-electron chi connectivity index (χ1n) is 7.66. The van der Waals surface area contributed by atoms with Crippen LogP contribution in [0.15, 0.2) is 0 Å². The molecule has 1 aliphatic heterocycles. The lowest BCUT2D eigenvalue weighted by molar-refractivity contribution is 0.175. The van der Waals surface area contributed by atoms with Crippen molar-refractivity contribution < 1.29 is 13.2 Å². The van der Waals surface area contributed by atoms with E-state index in [4.69, 9.17) is 4.74 Å². The Kier molecular flexibility index (Phi) is 8.02. The summed E-state index contributed by atoms with van der Waals surface area (Å²) in [5.74, 6) is 0.565. The standard InChI is InChI=1S/C14H30N2O3S/c1-13(2)12-16(9-10-19-3)20(17,18)11-7-14-6-4-5-8-15-14/h13-15H,4-12H2,1-3H3. The van der Waals surface area contributed by atoms with E-state index in [0.717, 1.165) is 13.0 Å². The molecule has 0 radical (unpaired) electrons. The quantitative estimate of drug-likeness (QED) is 0.700. The average Bonchev–Trinajstić information content (AvgIpc) is 2.42. The maximum atomic E-state index is 12.5. The van der Waals surface area contributed by atoms with Crippen LogP contribution in [0.25, 0.3) is 0 Å². The van der Waals surface area contributed by atoms with Crippen LogP contribution in [-0.4, -0.2) is 57.9 Å². The highest BCUT2D eigenvalue weighted by atomic mass is 32.2. The van der Waals surface area contributed by atoms with Gasteiger partial charge in [-0.15, -0.1) is 0 Å². The molecule has 0 aromatic heterocycles. The smallest absolute Gasteiger partial charge is 0.214 e. The molecule has 5 nitrogen and oxygen atoms in total. The van der Waals surface area contributed by atoms with Crippen molar-refractivity contribution in [2.24, 2.45) is 5.92 Å². The molecular weight excluding hydrogens is 276 g/mol. The van der Waals surface area contributed by atoms with Crippen molar-refractivity contribution in [3.63, 3.8) is 0 Å². The topological polar surface area (TPSA) is 58.6 Å². The van der Waals surface area contributed by atoms with Gasteiger partial charge in [-0.1, -0.05) is 20.3 Å². The molecule has 1 heterocycles. The maximum absolute atomic E-state index is 12.5. The molecule has 1 unspecified atom stereocenters. The predicted octanol–water partition coefficient (Wildman–Crippen LogP) is 1.45. The van der Waals surface area contributed by atoms with Gasteiger partial charge in [0.25, 0.3) is 0 Å². The molecule has 0 aliphatic carbocycles. The molecule has 1 rings (SSSR count). The third kappa shape index (κ3) is 6.52. The van der Waals surface area contributed by atoms with Crippen molar-refractivity contribution in [2.45, 2.75) is 45.6 Å². The van der Waals surface area contributed by atoms with E-state index < -0.39 is 10.0 Å². The van der Waals surface area contributed by atoms with Gasteiger partial charge in [-0.2, -0.15) is 4.31 Å². The summed E-state index contributed by atoms with van der Waals surface area (Å²) < 4.78 is 31.5. The van der Waals surface area contributed by atoms with Crippen molar-refractivity contribution >= 4 is 10.0 Å². The van der Waals surface area contributed by atoms with Crippen molar-refractivity contribution in [3.8, 4) is 0 Å². The van der Waals surface area contributed by atoms with Gasteiger partial charge < -0.3 is 10.1 Å². The summed E-state index contributed by atoms with van der Waals surface area (Å²) in [6.07, 6.45) is 4.22. The highest BCUT2D eigenvalue weighted by Crippen LogP contribution is 2.14. The molecule has 1 N–H and O–H groups in total. The van der Waals surface area contributed by atoms with Crippen LogP contribution < -0.4 is 5.32 Å². The minimum absolute atomic E-state index is 0.237. The number of piperidine rings is 1. The number of methoxy groups -OCH3 is 1. The highest BCUT2D eigenvalue weighted by Gasteiger charge is 2.24. The van der Waals surface area contributed by atoms with Crippen LogP contribution in [0.3, 0.4) is 0 Å². The predicted molar refractivity (Wildman–Crippen MR) is 82.3 cm³/mol. The van der Waals surface area contributed by atoms with Gasteiger partial charge in [-0.25, -0.2) is 8.42 Å². The summed E-state index contributed by atoms with van der Waals surface area (Å²) in [6.45, 7) is 6.58. The van der Waals surface area contributed by atoms with Gasteiger partial charge in [-0.05, 0) is 31.7 Å². The van der Waals surface area contributed by atoms with E-state index in [1.807, 2.05) is 13.8 Å². The molecule has 0 saturated carbocycles. The lowest BCUT2D eigenvalue weighted by atomic mass is 10.0. The summed E-state index contributed by atoms with van der Waals surface area (Å²) in [4.78, 5) is 0. The Morgan fingerprint density at radius 1 is 1.35 bits per heavy atom. The summed E-state index contributed by atoms with van der Waals surface area (Å²) in [5, 5.41) is 3.41. The molecule has 0 aromatic carbocycles. The Labute approximate surface area is 124 Å². The number of nitrogens with one attached hydrogen (secondary N) is 1. The summed E-state index contributed by atoms with van der Waals surface area (Å²) in [5.41, 5.74) is 0. The van der Waals surface area contributed by atoms with Crippen LogP contribution >= 0.6 is 0 Å². The molecule has 20 heavy (non-hydrogen) atoms. The van der Waals surface area contributed by atoms with Gasteiger partial charge >= 0.3 is 0 Å². The second kappa shape index (κ2) is 8.97. The van der Waals surface area contributed by atoms with E-state index in [-0.39, 0.29) is 5.75 Å². The number of rotatable bonds is 9. The monoisotopic (exact) mass is 306 g/mol. The lowest BCUT2D eigenvalue weighted by Crippen LogP contribution is -2.41. The van der Waals surface area contributed by atoms with Crippen molar-refractivity contribution in [3.05, 3.63) is 0 Å². The van der Waals surface area contributed by atoms with Crippen LogP contribution in [-0.2, 0) is 14.8 Å². The molecule has 1 atom stereocenters. The normalized spacial score (nSPS) is 20.8. The highest BCUT2D eigenvalue weighted by molar-refractivity contribution is 7.89. The minimum Gasteiger partial charge on any atom is -0.383 e. The van der Waals surface area contributed by atoms with Gasteiger partial charge in [0.05, 0.1) is 12.4 Å². The summed E-state index contributed by atoms with van der Waals surface area (Å²) in [7, 11) is -1.57. The van der Waals surface area contributed by atoms with Crippen LogP contribution in [0.2, 0.25) is 0 Å². The van der Waals surface area contributed by atoms with Crippen molar-refractivity contribution in [2.75, 3.05) is 39.1 Å². The molecule has 0 bridgehead atoms. The zero-order valence-corrected chi connectivity index (χ0v) is 13.9. The molecule has 6 heteroatoms. The van der Waals surface area contributed by atoms with Gasteiger partial charge in [0, 0.05) is 26.2 Å². The van der Waals surface area contributed by atoms with E-state index in [9.17, 15) is 8.42 Å². The van der Waals surface area contributed by atoms with E-state index in [1.165, 1.54) is 12.8 Å². The average molecular weight is 306 g/mol. The van der Waals surface area contributed by atoms with Gasteiger partial charge in [0.15, 0.2) is 0 Å². The second-order valence-corrected chi connectivity index (χ2v) is 8.08. The van der Waals surface area contributed by atoms with Gasteiger partial charge in [0.1, 0.15) is 0 Å². The molecule has 120 valence electrons. The summed E-state index contributed by atoms with van der Waals surface area (Å²) in [6, 6.07) is 0.363. The molecule has 1 saturated heterocycles. The number of ether oxygens (including phenoxy) is 1.